The standard InChI is InChI=1S/C14H17FN2O2S2/c1-3-16-9-13-4-5-14(20-13)21(18,19)17-12-7-10(2)6-11(15)8-12/h4-8,16-17H,3,9H2,1-2H3. The molecule has 0 unspecified atom stereocenters. The first kappa shape index (κ1) is 15.9. The summed E-state index contributed by atoms with van der Waals surface area (Å²) in [4.78, 5) is 0.938. The summed E-state index contributed by atoms with van der Waals surface area (Å²) in [5.41, 5.74) is 0.890. The average Bonchev–Trinajstić information content (AvgIpc) is 2.84. The van der Waals surface area contributed by atoms with Crippen LogP contribution in [0.2, 0.25) is 0 Å². The Bertz CT molecular complexity index is 706. The SMILES string of the molecule is CCNCc1ccc(S(=O)(=O)Nc2cc(C)cc(F)c2)s1. The van der Waals surface area contributed by atoms with E-state index in [0.717, 1.165) is 17.5 Å². The van der Waals surface area contributed by atoms with Crippen LogP contribution in [-0.4, -0.2) is 15.0 Å². The van der Waals surface area contributed by atoms with Gasteiger partial charge >= 0.3 is 0 Å². The number of benzene rings is 1. The molecule has 0 atom stereocenters. The Morgan fingerprint density at radius 1 is 1.24 bits per heavy atom. The molecule has 21 heavy (non-hydrogen) atoms. The summed E-state index contributed by atoms with van der Waals surface area (Å²) in [6.07, 6.45) is 0. The molecule has 7 heteroatoms. The minimum absolute atomic E-state index is 0.220. The fourth-order valence-electron chi connectivity index (χ4n) is 1.85. The number of rotatable bonds is 6. The van der Waals surface area contributed by atoms with Crippen LogP contribution in [0.5, 0.6) is 0 Å². The van der Waals surface area contributed by atoms with Gasteiger partial charge in [0.05, 0.1) is 5.69 Å². The first-order valence-corrected chi connectivity index (χ1v) is 8.80. The summed E-state index contributed by atoms with van der Waals surface area (Å²) in [6.45, 7) is 5.15. The van der Waals surface area contributed by atoms with Crippen LogP contribution in [0.15, 0.2) is 34.5 Å². The van der Waals surface area contributed by atoms with Gasteiger partial charge in [-0.3, -0.25) is 4.72 Å². The van der Waals surface area contributed by atoms with Gasteiger partial charge in [0.15, 0.2) is 0 Å². The van der Waals surface area contributed by atoms with E-state index in [1.807, 2.05) is 6.92 Å². The number of sulfonamides is 1. The maximum absolute atomic E-state index is 13.3. The Labute approximate surface area is 128 Å². The summed E-state index contributed by atoms with van der Waals surface area (Å²) in [7, 11) is -3.68. The fourth-order valence-corrected chi connectivity index (χ4v) is 4.21. The van der Waals surface area contributed by atoms with Gasteiger partial charge in [-0.25, -0.2) is 12.8 Å². The van der Waals surface area contributed by atoms with E-state index in [1.165, 1.54) is 17.4 Å². The zero-order valence-electron chi connectivity index (χ0n) is 11.8. The highest BCUT2D eigenvalue weighted by Gasteiger charge is 2.17. The zero-order chi connectivity index (χ0) is 15.5. The maximum Gasteiger partial charge on any atom is 0.271 e. The molecule has 2 N–H and O–H groups in total. The third kappa shape index (κ3) is 4.26. The van der Waals surface area contributed by atoms with Gasteiger partial charge < -0.3 is 5.32 Å². The number of hydrogen-bond acceptors (Lipinski definition) is 4. The van der Waals surface area contributed by atoms with Gasteiger partial charge in [0.1, 0.15) is 10.0 Å². The third-order valence-corrected chi connectivity index (χ3v) is 5.70. The summed E-state index contributed by atoms with van der Waals surface area (Å²) < 4.78 is 40.5. The predicted molar refractivity (Wildman–Crippen MR) is 83.6 cm³/mol. The summed E-state index contributed by atoms with van der Waals surface area (Å²) in [5.74, 6) is -0.466. The molecule has 2 aromatic rings. The van der Waals surface area contributed by atoms with Gasteiger partial charge in [-0.1, -0.05) is 6.92 Å². The quantitative estimate of drug-likeness (QED) is 0.856. The van der Waals surface area contributed by atoms with E-state index >= 15 is 0 Å². The molecule has 0 spiro atoms. The number of nitrogens with one attached hydrogen (secondary N) is 2. The molecule has 4 nitrogen and oxygen atoms in total. The molecule has 0 saturated carbocycles. The number of halogens is 1. The molecule has 114 valence electrons. The lowest BCUT2D eigenvalue weighted by Gasteiger charge is -2.07. The van der Waals surface area contributed by atoms with Gasteiger partial charge in [0.2, 0.25) is 0 Å². The van der Waals surface area contributed by atoms with Crippen LogP contribution >= 0.6 is 11.3 Å². The minimum Gasteiger partial charge on any atom is -0.312 e. The van der Waals surface area contributed by atoms with E-state index in [0.29, 0.717) is 12.1 Å². The van der Waals surface area contributed by atoms with Crippen LogP contribution in [0.4, 0.5) is 10.1 Å². The molecular weight excluding hydrogens is 311 g/mol. The zero-order valence-corrected chi connectivity index (χ0v) is 13.4. The first-order valence-electron chi connectivity index (χ1n) is 6.50. The Kier molecular flexibility index (Phi) is 4.97. The second-order valence-corrected chi connectivity index (χ2v) is 7.70. The maximum atomic E-state index is 13.3. The Balaban J connectivity index is 2.19. The Morgan fingerprint density at radius 3 is 2.67 bits per heavy atom. The Morgan fingerprint density at radius 2 is 2.00 bits per heavy atom. The Hall–Kier alpha value is -1.44. The van der Waals surface area contributed by atoms with Crippen LogP contribution in [0.3, 0.4) is 0 Å². The lowest BCUT2D eigenvalue weighted by Crippen LogP contribution is -2.12. The predicted octanol–water partition coefficient (Wildman–Crippen LogP) is 3.11. The van der Waals surface area contributed by atoms with Crippen molar-refractivity contribution in [2.75, 3.05) is 11.3 Å². The van der Waals surface area contributed by atoms with Crippen LogP contribution in [-0.2, 0) is 16.6 Å². The lowest BCUT2D eigenvalue weighted by atomic mass is 10.2. The summed E-state index contributed by atoms with van der Waals surface area (Å²) in [6, 6.07) is 7.44. The van der Waals surface area contributed by atoms with Gasteiger partial charge in [0, 0.05) is 11.4 Å². The van der Waals surface area contributed by atoms with E-state index in [9.17, 15) is 12.8 Å². The van der Waals surface area contributed by atoms with E-state index in [4.69, 9.17) is 0 Å². The molecule has 0 bridgehead atoms. The molecular formula is C14H17FN2O2S2. The van der Waals surface area contributed by atoms with E-state index in [2.05, 4.69) is 10.0 Å². The lowest BCUT2D eigenvalue weighted by molar-refractivity contribution is 0.603. The molecule has 1 heterocycles. The van der Waals surface area contributed by atoms with Gasteiger partial charge in [-0.15, -0.1) is 11.3 Å². The van der Waals surface area contributed by atoms with Crippen molar-refractivity contribution in [2.24, 2.45) is 0 Å². The van der Waals surface area contributed by atoms with Crippen molar-refractivity contribution in [3.63, 3.8) is 0 Å². The number of hydrogen-bond donors (Lipinski definition) is 2. The van der Waals surface area contributed by atoms with Gasteiger partial charge in [0.25, 0.3) is 10.0 Å². The van der Waals surface area contributed by atoms with E-state index < -0.39 is 15.8 Å². The number of aryl methyl sites for hydroxylation is 1. The van der Waals surface area contributed by atoms with Crippen molar-refractivity contribution < 1.29 is 12.8 Å². The van der Waals surface area contributed by atoms with Gasteiger partial charge in [-0.2, -0.15) is 0 Å². The normalized spacial score (nSPS) is 11.6. The molecule has 1 aromatic heterocycles. The molecule has 0 saturated heterocycles. The monoisotopic (exact) mass is 328 g/mol. The highest BCUT2D eigenvalue weighted by atomic mass is 32.2. The van der Waals surface area contributed by atoms with Crippen molar-refractivity contribution in [3.8, 4) is 0 Å². The fraction of sp³-hybridized carbons (Fsp3) is 0.286. The third-order valence-electron chi connectivity index (χ3n) is 2.75. The van der Waals surface area contributed by atoms with E-state index in [-0.39, 0.29) is 9.90 Å². The molecule has 0 amide bonds. The summed E-state index contributed by atoms with van der Waals surface area (Å²) in [5, 5.41) is 3.14. The average molecular weight is 328 g/mol. The molecule has 0 radical (unpaired) electrons. The van der Waals surface area contributed by atoms with Crippen molar-refractivity contribution >= 4 is 27.0 Å². The van der Waals surface area contributed by atoms with Crippen LogP contribution < -0.4 is 10.0 Å². The van der Waals surface area contributed by atoms with Crippen LogP contribution in [0, 0.1) is 12.7 Å². The molecule has 1 aromatic carbocycles. The largest absolute Gasteiger partial charge is 0.312 e. The van der Waals surface area contributed by atoms with Crippen LogP contribution in [0.1, 0.15) is 17.4 Å². The molecule has 0 aliphatic rings. The first-order chi connectivity index (χ1) is 9.90. The van der Waals surface area contributed by atoms with Gasteiger partial charge in [-0.05, 0) is 49.4 Å². The highest BCUT2D eigenvalue weighted by Crippen LogP contribution is 2.24. The molecule has 0 aliphatic heterocycles. The second kappa shape index (κ2) is 6.55. The van der Waals surface area contributed by atoms with Crippen molar-refractivity contribution in [3.05, 3.63) is 46.6 Å². The van der Waals surface area contributed by atoms with Crippen molar-refractivity contribution in [1.82, 2.24) is 5.32 Å². The van der Waals surface area contributed by atoms with Crippen molar-refractivity contribution in [1.29, 1.82) is 0 Å². The summed E-state index contributed by atoms with van der Waals surface area (Å²) >= 11 is 1.20. The molecule has 2 rings (SSSR count). The smallest absolute Gasteiger partial charge is 0.271 e. The minimum atomic E-state index is -3.68. The van der Waals surface area contributed by atoms with Crippen LogP contribution in [0.25, 0.3) is 0 Å². The number of thiophene rings is 1. The molecule has 0 fully saturated rings. The van der Waals surface area contributed by atoms with E-state index in [1.54, 1.807) is 25.1 Å². The highest BCUT2D eigenvalue weighted by molar-refractivity contribution is 7.94. The van der Waals surface area contributed by atoms with Crippen molar-refractivity contribution in [2.45, 2.75) is 24.6 Å². The topological polar surface area (TPSA) is 58.2 Å². The second-order valence-electron chi connectivity index (χ2n) is 4.62. The molecule has 0 aliphatic carbocycles. The number of anilines is 1.